The molecule has 158 valence electrons. The molecule has 0 fully saturated rings. The van der Waals surface area contributed by atoms with Crippen molar-refractivity contribution < 1.29 is 23.9 Å². The Hall–Kier alpha value is -3.73. The third kappa shape index (κ3) is 3.75. The quantitative estimate of drug-likeness (QED) is 0.307. The van der Waals surface area contributed by atoms with Gasteiger partial charge in [0.2, 0.25) is 0 Å². The Morgan fingerprint density at radius 3 is 1.68 bits per heavy atom. The molecule has 0 heterocycles. The number of methoxy groups -OCH3 is 2. The number of hydrogen-bond donors (Lipinski definition) is 0. The number of carbonyl (C=O) groups excluding carboxylic acids is 3. The normalized spacial score (nSPS) is 11.0. The Labute approximate surface area is 181 Å². The first-order valence-electron chi connectivity index (χ1n) is 9.80. The van der Waals surface area contributed by atoms with Crippen LogP contribution < -0.4 is 9.47 Å². The van der Waals surface area contributed by atoms with Crippen LogP contribution in [0.1, 0.15) is 37.4 Å². The van der Waals surface area contributed by atoms with E-state index in [4.69, 9.17) is 9.47 Å². The van der Waals surface area contributed by atoms with E-state index in [1.807, 2.05) is 13.0 Å². The number of ether oxygens (including phenoxy) is 2. The summed E-state index contributed by atoms with van der Waals surface area (Å²) in [6.07, 6.45) is 0.439. The average molecular weight is 416 g/mol. The summed E-state index contributed by atoms with van der Waals surface area (Å²) in [7, 11) is 2.88. The van der Waals surface area contributed by atoms with E-state index in [0.29, 0.717) is 17.4 Å². The van der Waals surface area contributed by atoms with Crippen LogP contribution >= 0.6 is 0 Å². The molecule has 0 amide bonds. The van der Waals surface area contributed by atoms with Crippen LogP contribution in [0.2, 0.25) is 0 Å². The topological polar surface area (TPSA) is 69.7 Å². The van der Waals surface area contributed by atoms with Crippen molar-refractivity contribution in [3.8, 4) is 11.5 Å². The number of rotatable bonds is 8. The lowest BCUT2D eigenvalue weighted by molar-refractivity contribution is -0.110. The molecule has 0 aromatic heterocycles. The van der Waals surface area contributed by atoms with Crippen molar-refractivity contribution in [3.05, 3.63) is 94.5 Å². The summed E-state index contributed by atoms with van der Waals surface area (Å²) < 4.78 is 10.7. The average Bonchev–Trinajstić information content (AvgIpc) is 2.80. The summed E-state index contributed by atoms with van der Waals surface area (Å²) in [4.78, 5) is 40.7. The maximum Gasteiger partial charge on any atom is 0.192 e. The highest BCUT2D eigenvalue weighted by Crippen LogP contribution is 2.37. The molecule has 0 spiro atoms. The maximum absolute atomic E-state index is 14.0. The van der Waals surface area contributed by atoms with Crippen molar-refractivity contribution in [1.29, 1.82) is 0 Å². The van der Waals surface area contributed by atoms with Crippen LogP contribution in [0.3, 0.4) is 0 Å². The van der Waals surface area contributed by atoms with Gasteiger partial charge in [-0.3, -0.25) is 9.59 Å². The van der Waals surface area contributed by atoms with E-state index < -0.39 is 17.0 Å². The molecule has 0 radical (unpaired) electrons. The first-order valence-corrected chi connectivity index (χ1v) is 9.80. The van der Waals surface area contributed by atoms with Gasteiger partial charge in [0.05, 0.1) is 25.3 Å². The molecular formula is C26H24O5. The number of aldehydes is 1. The monoisotopic (exact) mass is 416 g/mol. The van der Waals surface area contributed by atoms with Crippen molar-refractivity contribution in [2.45, 2.75) is 19.3 Å². The molecule has 3 rings (SSSR count). The van der Waals surface area contributed by atoms with Crippen LogP contribution in [0.25, 0.3) is 0 Å². The fraction of sp³-hybridized carbons (Fsp3) is 0.192. The molecule has 5 heteroatoms. The van der Waals surface area contributed by atoms with E-state index in [0.717, 1.165) is 5.56 Å². The van der Waals surface area contributed by atoms with Gasteiger partial charge >= 0.3 is 0 Å². The zero-order chi connectivity index (χ0) is 22.6. The van der Waals surface area contributed by atoms with Gasteiger partial charge in [-0.05, 0) is 49.2 Å². The zero-order valence-electron chi connectivity index (χ0n) is 18.0. The van der Waals surface area contributed by atoms with E-state index in [1.54, 1.807) is 67.6 Å². The maximum atomic E-state index is 14.0. The molecule has 31 heavy (non-hydrogen) atoms. The van der Waals surface area contributed by atoms with E-state index in [2.05, 4.69) is 0 Å². The van der Waals surface area contributed by atoms with Gasteiger partial charge in [-0.1, -0.05) is 48.0 Å². The molecule has 0 saturated carbocycles. The summed E-state index contributed by atoms with van der Waals surface area (Å²) in [5.41, 5.74) is 0.163. The van der Waals surface area contributed by atoms with Gasteiger partial charge < -0.3 is 14.3 Å². The Morgan fingerprint density at radius 1 is 0.774 bits per heavy atom. The molecular weight excluding hydrogens is 392 g/mol. The summed E-state index contributed by atoms with van der Waals surface area (Å²) in [5, 5.41) is 0. The van der Waals surface area contributed by atoms with Crippen molar-refractivity contribution in [3.63, 3.8) is 0 Å². The Morgan fingerprint density at radius 2 is 1.26 bits per heavy atom. The van der Waals surface area contributed by atoms with Crippen molar-refractivity contribution in [2.24, 2.45) is 0 Å². The van der Waals surface area contributed by atoms with Gasteiger partial charge in [-0.15, -0.1) is 0 Å². The summed E-state index contributed by atoms with van der Waals surface area (Å²) in [6, 6.07) is 18.4. The number of para-hydroxylation sites is 2. The minimum absolute atomic E-state index is 0.153. The number of aryl methyl sites for hydroxylation is 2. The van der Waals surface area contributed by atoms with E-state index in [9.17, 15) is 14.4 Å². The molecule has 0 atom stereocenters. The van der Waals surface area contributed by atoms with Crippen molar-refractivity contribution in [2.75, 3.05) is 14.2 Å². The molecule has 0 aliphatic rings. The van der Waals surface area contributed by atoms with E-state index in [1.165, 1.54) is 14.2 Å². The van der Waals surface area contributed by atoms with Gasteiger partial charge in [0.1, 0.15) is 17.8 Å². The third-order valence-electron chi connectivity index (χ3n) is 5.40. The number of hydrogen-bond acceptors (Lipinski definition) is 5. The largest absolute Gasteiger partial charge is 0.496 e. The predicted octanol–water partition coefficient (Wildman–Crippen LogP) is 4.52. The fourth-order valence-electron chi connectivity index (χ4n) is 3.86. The predicted molar refractivity (Wildman–Crippen MR) is 118 cm³/mol. The molecule has 0 bridgehead atoms. The first kappa shape index (κ1) is 22.0. The van der Waals surface area contributed by atoms with Crippen LogP contribution in [-0.4, -0.2) is 32.1 Å². The van der Waals surface area contributed by atoms with Crippen molar-refractivity contribution in [1.82, 2.24) is 0 Å². The van der Waals surface area contributed by atoms with E-state index >= 15 is 0 Å². The summed E-state index contributed by atoms with van der Waals surface area (Å²) in [5.74, 6) is -0.724. The number of Topliss-reactive ketones (excluding diaryl/α,β-unsaturated/α-hetero) is 2. The van der Waals surface area contributed by atoms with Gasteiger partial charge in [0.15, 0.2) is 17.0 Å². The summed E-state index contributed by atoms with van der Waals surface area (Å²) in [6.45, 7) is 3.69. The number of ketones is 2. The number of benzene rings is 3. The van der Waals surface area contributed by atoms with Crippen LogP contribution in [0, 0.1) is 13.8 Å². The van der Waals surface area contributed by atoms with Gasteiger partial charge in [0, 0.05) is 0 Å². The van der Waals surface area contributed by atoms with Crippen molar-refractivity contribution >= 4 is 17.9 Å². The Kier molecular flexibility index (Phi) is 6.35. The second-order valence-electron chi connectivity index (χ2n) is 7.30. The molecule has 5 nitrogen and oxygen atoms in total. The van der Waals surface area contributed by atoms with Gasteiger partial charge in [-0.2, -0.15) is 0 Å². The molecule has 0 aliphatic heterocycles. The van der Waals surface area contributed by atoms with Gasteiger partial charge in [0.25, 0.3) is 0 Å². The standard InChI is InChI=1S/C26H24O5/c1-17-13-14-21(18(2)15-17)26(16-27,24(28)19-9-5-7-11-22(19)30-3)25(29)20-10-6-8-12-23(20)31-4/h5-16H,1-4H3. The minimum Gasteiger partial charge on any atom is -0.496 e. The lowest BCUT2D eigenvalue weighted by atomic mass is 9.69. The van der Waals surface area contributed by atoms with Crippen LogP contribution in [-0.2, 0) is 10.2 Å². The zero-order valence-corrected chi connectivity index (χ0v) is 18.0. The van der Waals surface area contributed by atoms with Crippen LogP contribution in [0.15, 0.2) is 66.7 Å². The van der Waals surface area contributed by atoms with Crippen LogP contribution in [0.4, 0.5) is 0 Å². The Balaban J connectivity index is 2.36. The highest BCUT2D eigenvalue weighted by Gasteiger charge is 2.50. The smallest absolute Gasteiger partial charge is 0.192 e. The van der Waals surface area contributed by atoms with Gasteiger partial charge in [-0.25, -0.2) is 0 Å². The van der Waals surface area contributed by atoms with E-state index in [-0.39, 0.29) is 22.6 Å². The lowest BCUT2D eigenvalue weighted by Gasteiger charge is -2.29. The molecule has 0 saturated heterocycles. The fourth-order valence-corrected chi connectivity index (χ4v) is 3.86. The third-order valence-corrected chi connectivity index (χ3v) is 5.40. The molecule has 3 aromatic carbocycles. The molecule has 0 aliphatic carbocycles. The number of carbonyl (C=O) groups is 3. The lowest BCUT2D eigenvalue weighted by Crippen LogP contribution is -2.46. The first-order chi connectivity index (χ1) is 14.9. The minimum atomic E-state index is -2.10. The molecule has 0 unspecified atom stereocenters. The highest BCUT2D eigenvalue weighted by molar-refractivity contribution is 6.34. The second-order valence-corrected chi connectivity index (χ2v) is 7.30. The SMILES string of the molecule is COc1ccccc1C(=O)C(C=O)(C(=O)c1ccccc1OC)c1ccc(C)cc1C. The summed E-state index contributed by atoms with van der Waals surface area (Å²) >= 11 is 0. The molecule has 0 N–H and O–H groups in total. The second kappa shape index (κ2) is 8.96. The molecule has 3 aromatic rings. The highest BCUT2D eigenvalue weighted by atomic mass is 16.5. The Bertz CT molecular complexity index is 1090. The van der Waals surface area contributed by atoms with Crippen LogP contribution in [0.5, 0.6) is 11.5 Å².